The zero-order valence-electron chi connectivity index (χ0n) is 17.3. The number of para-hydroxylation sites is 1. The molecule has 0 saturated carbocycles. The average Bonchev–Trinajstić information content (AvgIpc) is 2.88. The normalized spacial score (nSPS) is 18.7. The fraction of sp³-hybridized carbons (Fsp3) is 0.261. The molecule has 7 heteroatoms. The molecule has 1 saturated heterocycles. The lowest BCUT2D eigenvalue weighted by Crippen LogP contribution is -2.45. The van der Waals surface area contributed by atoms with E-state index in [1.807, 2.05) is 43.1 Å². The summed E-state index contributed by atoms with van der Waals surface area (Å²) in [5.41, 5.74) is 4.05. The van der Waals surface area contributed by atoms with Gasteiger partial charge in [-0.05, 0) is 31.6 Å². The Morgan fingerprint density at radius 2 is 2.17 bits per heavy atom. The van der Waals surface area contributed by atoms with Crippen LogP contribution < -0.4 is 5.32 Å². The Hall–Kier alpha value is -3.61. The average molecular weight is 403 g/mol. The van der Waals surface area contributed by atoms with Crippen LogP contribution in [0.25, 0.3) is 10.9 Å². The number of hydrogen-bond donors (Lipinski definition) is 2. The largest absolute Gasteiger partial charge is 0.358 e. The monoisotopic (exact) mass is 403 g/mol. The number of amides is 2. The molecule has 1 unspecified atom stereocenters. The molecular formula is C23H25N5O2. The zero-order chi connectivity index (χ0) is 21.3. The number of rotatable bonds is 4. The zero-order valence-corrected chi connectivity index (χ0v) is 17.3. The van der Waals surface area contributed by atoms with Gasteiger partial charge in [0.25, 0.3) is 0 Å². The highest BCUT2D eigenvalue weighted by Crippen LogP contribution is 2.23. The third-order valence-electron chi connectivity index (χ3n) is 5.43. The quantitative estimate of drug-likeness (QED) is 0.770. The number of aliphatic imine (C=N–C) groups is 1. The molecule has 30 heavy (non-hydrogen) atoms. The summed E-state index contributed by atoms with van der Waals surface area (Å²) in [5.74, 6) is 0.542. The first kappa shape index (κ1) is 19.7. The lowest BCUT2D eigenvalue weighted by molar-refractivity contribution is -0.125. The second-order valence-corrected chi connectivity index (χ2v) is 7.73. The van der Waals surface area contributed by atoms with Crippen molar-refractivity contribution < 1.29 is 9.59 Å². The molecule has 1 aromatic carbocycles. The number of aryl methyl sites for hydroxylation is 1. The minimum absolute atomic E-state index is 0.0167. The Kier molecular flexibility index (Phi) is 5.27. The highest BCUT2D eigenvalue weighted by molar-refractivity contribution is 5.92. The third kappa shape index (κ3) is 3.91. The number of nitrogens with one attached hydrogen (secondary N) is 2. The van der Waals surface area contributed by atoms with E-state index < -0.39 is 0 Å². The summed E-state index contributed by atoms with van der Waals surface area (Å²) in [7, 11) is 1.80. The molecule has 2 amide bonds. The number of nitrogens with zero attached hydrogens (tertiary/aromatic N) is 3. The van der Waals surface area contributed by atoms with Crippen LogP contribution in [-0.4, -0.2) is 45.9 Å². The van der Waals surface area contributed by atoms with Crippen LogP contribution in [-0.2, 0) is 16.1 Å². The molecule has 1 aromatic heterocycles. The van der Waals surface area contributed by atoms with Crippen molar-refractivity contribution in [2.75, 3.05) is 7.05 Å². The van der Waals surface area contributed by atoms with E-state index in [9.17, 15) is 9.59 Å². The fourth-order valence-electron chi connectivity index (χ4n) is 3.78. The Bertz CT molecular complexity index is 1120. The van der Waals surface area contributed by atoms with Gasteiger partial charge in [0, 0.05) is 66.7 Å². The molecule has 2 N–H and O–H groups in total. The second-order valence-electron chi connectivity index (χ2n) is 7.73. The van der Waals surface area contributed by atoms with Crippen LogP contribution >= 0.6 is 0 Å². The number of H-pyrrole nitrogens is 1. The van der Waals surface area contributed by atoms with Crippen LogP contribution in [0.1, 0.15) is 24.6 Å². The lowest BCUT2D eigenvalue weighted by atomic mass is 10.1. The van der Waals surface area contributed by atoms with Crippen molar-refractivity contribution in [2.45, 2.75) is 32.9 Å². The van der Waals surface area contributed by atoms with Crippen LogP contribution in [0.3, 0.4) is 0 Å². The molecule has 4 rings (SSSR count). The number of aromatic amines is 1. The molecule has 2 aliphatic heterocycles. The Morgan fingerprint density at radius 3 is 3.00 bits per heavy atom. The van der Waals surface area contributed by atoms with Gasteiger partial charge in [0.1, 0.15) is 5.82 Å². The van der Waals surface area contributed by atoms with Crippen molar-refractivity contribution in [3.63, 3.8) is 0 Å². The molecule has 0 radical (unpaired) electrons. The number of allylic oxidation sites excluding steroid dienone is 2. The topological polar surface area (TPSA) is 80.8 Å². The number of likely N-dealkylation sites (N-methyl/N-ethyl adjacent to an activating group) is 1. The lowest BCUT2D eigenvalue weighted by Gasteiger charge is -2.33. The van der Waals surface area contributed by atoms with Crippen molar-refractivity contribution >= 4 is 28.9 Å². The van der Waals surface area contributed by atoms with E-state index in [4.69, 9.17) is 0 Å². The Labute approximate surface area is 175 Å². The van der Waals surface area contributed by atoms with E-state index in [2.05, 4.69) is 21.4 Å². The highest BCUT2D eigenvalue weighted by Gasteiger charge is 2.26. The predicted molar refractivity (Wildman–Crippen MR) is 117 cm³/mol. The summed E-state index contributed by atoms with van der Waals surface area (Å²) in [6.07, 6.45) is 8.93. The Balaban J connectivity index is 1.47. The molecular weight excluding hydrogens is 378 g/mol. The molecule has 1 atom stereocenters. The van der Waals surface area contributed by atoms with Gasteiger partial charge in [0.05, 0.1) is 6.20 Å². The Morgan fingerprint density at radius 1 is 1.37 bits per heavy atom. The molecule has 0 spiro atoms. The van der Waals surface area contributed by atoms with Gasteiger partial charge >= 0.3 is 0 Å². The van der Waals surface area contributed by atoms with E-state index in [0.717, 1.165) is 27.7 Å². The minimum atomic E-state index is -0.0913. The minimum Gasteiger partial charge on any atom is -0.358 e. The van der Waals surface area contributed by atoms with Gasteiger partial charge in [0.2, 0.25) is 11.8 Å². The maximum absolute atomic E-state index is 12.7. The van der Waals surface area contributed by atoms with Crippen LogP contribution in [0, 0.1) is 6.92 Å². The number of hydrogen-bond acceptors (Lipinski definition) is 4. The number of aromatic nitrogens is 1. The van der Waals surface area contributed by atoms with E-state index in [1.165, 1.54) is 0 Å². The van der Waals surface area contributed by atoms with Crippen molar-refractivity contribution in [2.24, 2.45) is 4.99 Å². The van der Waals surface area contributed by atoms with Gasteiger partial charge in [-0.1, -0.05) is 18.2 Å². The van der Waals surface area contributed by atoms with Crippen molar-refractivity contribution in [1.82, 2.24) is 20.1 Å². The summed E-state index contributed by atoms with van der Waals surface area (Å²) in [6, 6.07) is 8.13. The maximum Gasteiger partial charge on any atom is 0.246 e. The van der Waals surface area contributed by atoms with E-state index in [-0.39, 0.29) is 17.9 Å². The number of carbonyl (C=O) groups is 2. The number of benzene rings is 1. The van der Waals surface area contributed by atoms with E-state index in [1.54, 1.807) is 36.5 Å². The first-order chi connectivity index (χ1) is 14.4. The maximum atomic E-state index is 12.7. The van der Waals surface area contributed by atoms with Gasteiger partial charge in [-0.2, -0.15) is 0 Å². The number of fused-ring (bicyclic) bond motifs is 2. The highest BCUT2D eigenvalue weighted by atomic mass is 16.2. The SMILES string of the molecule is Cc1[nH]c2ccccc2c1CN(C)C(=O)/C=C/C1=CN2C(=CN=C1)NC(=O)CC2C. The summed E-state index contributed by atoms with van der Waals surface area (Å²) in [6.45, 7) is 4.53. The molecule has 3 heterocycles. The van der Waals surface area contributed by atoms with Crippen molar-refractivity contribution in [3.05, 3.63) is 71.5 Å². The molecule has 1 fully saturated rings. The summed E-state index contributed by atoms with van der Waals surface area (Å²) in [4.78, 5) is 35.7. The summed E-state index contributed by atoms with van der Waals surface area (Å²) >= 11 is 0. The molecule has 7 nitrogen and oxygen atoms in total. The standard InChI is InChI=1S/C23H25N5O2/c1-15-10-22(29)26-21-12-24-11-17(13-28(15)21)8-9-23(30)27(3)14-19-16(2)25-20-7-5-4-6-18(19)20/h4-9,11-13,15,25H,10,14H2,1-3H3,(H,26,29)/b9-8+. The molecule has 0 bridgehead atoms. The summed E-state index contributed by atoms with van der Waals surface area (Å²) in [5, 5.41) is 3.96. The van der Waals surface area contributed by atoms with Gasteiger partial charge in [-0.25, -0.2) is 0 Å². The predicted octanol–water partition coefficient (Wildman–Crippen LogP) is 2.97. The molecule has 0 aliphatic carbocycles. The van der Waals surface area contributed by atoms with Gasteiger partial charge in [-0.3, -0.25) is 14.6 Å². The summed E-state index contributed by atoms with van der Waals surface area (Å²) < 4.78 is 0. The van der Waals surface area contributed by atoms with Crippen LogP contribution in [0.4, 0.5) is 0 Å². The number of carbonyl (C=O) groups excluding carboxylic acids is 2. The fourth-order valence-corrected chi connectivity index (χ4v) is 3.78. The smallest absolute Gasteiger partial charge is 0.246 e. The molecule has 154 valence electrons. The van der Waals surface area contributed by atoms with Crippen LogP contribution in [0.2, 0.25) is 0 Å². The van der Waals surface area contributed by atoms with Crippen LogP contribution in [0.15, 0.2) is 65.2 Å². The van der Waals surface area contributed by atoms with E-state index in [0.29, 0.717) is 18.8 Å². The first-order valence-electron chi connectivity index (χ1n) is 9.95. The molecule has 2 aliphatic rings. The van der Waals surface area contributed by atoms with E-state index >= 15 is 0 Å². The van der Waals surface area contributed by atoms with Gasteiger partial charge in [-0.15, -0.1) is 0 Å². The molecule has 2 aromatic rings. The van der Waals surface area contributed by atoms with Crippen LogP contribution in [0.5, 0.6) is 0 Å². The van der Waals surface area contributed by atoms with Gasteiger partial charge in [0.15, 0.2) is 0 Å². The third-order valence-corrected chi connectivity index (χ3v) is 5.43. The van der Waals surface area contributed by atoms with Crippen molar-refractivity contribution in [1.29, 1.82) is 0 Å². The first-order valence-corrected chi connectivity index (χ1v) is 9.95. The van der Waals surface area contributed by atoms with Gasteiger partial charge < -0.3 is 20.1 Å². The van der Waals surface area contributed by atoms with Crippen molar-refractivity contribution in [3.8, 4) is 0 Å². The second kappa shape index (κ2) is 8.02.